The van der Waals surface area contributed by atoms with Gasteiger partial charge >= 0.3 is 0 Å². The Balaban J connectivity index is 2.22. The van der Waals surface area contributed by atoms with Gasteiger partial charge in [-0.15, -0.1) is 0 Å². The van der Waals surface area contributed by atoms with Gasteiger partial charge in [0.25, 0.3) is 0 Å². The molecule has 0 aliphatic carbocycles. The van der Waals surface area contributed by atoms with Crippen molar-refractivity contribution in [3.8, 4) is 0 Å². The van der Waals surface area contributed by atoms with Crippen LogP contribution in [0.4, 0.5) is 0 Å². The predicted octanol–water partition coefficient (Wildman–Crippen LogP) is 3.06. The maximum atomic E-state index is 12.0. The molecule has 0 fully saturated rings. The van der Waals surface area contributed by atoms with Gasteiger partial charge in [-0.1, -0.05) is 23.2 Å². The second kappa shape index (κ2) is 5.32. The molecule has 0 unspecified atom stereocenters. The standard InChI is InChI=1S/C11H9Cl2NO3S/c12-8-3-4-10(13)11(6-8)18(15,16)14-7-9-2-1-5-17-9/h1-6,14H,7H2. The van der Waals surface area contributed by atoms with Crippen molar-refractivity contribution < 1.29 is 12.8 Å². The topological polar surface area (TPSA) is 59.3 Å². The molecule has 0 aliphatic heterocycles. The first-order chi connectivity index (χ1) is 8.49. The quantitative estimate of drug-likeness (QED) is 0.944. The van der Waals surface area contributed by atoms with Crippen molar-refractivity contribution in [3.05, 3.63) is 52.4 Å². The van der Waals surface area contributed by atoms with Crippen molar-refractivity contribution in [1.82, 2.24) is 4.72 Å². The molecule has 1 heterocycles. The maximum absolute atomic E-state index is 12.0. The number of furan rings is 1. The van der Waals surface area contributed by atoms with E-state index in [0.717, 1.165) is 0 Å². The molecule has 7 heteroatoms. The molecule has 0 saturated heterocycles. The summed E-state index contributed by atoms with van der Waals surface area (Å²) in [5, 5.41) is 0.420. The SMILES string of the molecule is O=S(=O)(NCc1ccco1)c1cc(Cl)ccc1Cl. The molecule has 2 rings (SSSR count). The number of nitrogens with one attached hydrogen (secondary N) is 1. The second-order valence-corrected chi connectivity index (χ2v) is 6.06. The monoisotopic (exact) mass is 305 g/mol. The summed E-state index contributed by atoms with van der Waals surface area (Å²) in [5.41, 5.74) is 0. The molecule has 0 aliphatic rings. The first-order valence-corrected chi connectivity index (χ1v) is 7.20. The van der Waals surface area contributed by atoms with Crippen molar-refractivity contribution in [2.45, 2.75) is 11.4 Å². The van der Waals surface area contributed by atoms with Crippen LogP contribution in [0, 0.1) is 0 Å². The van der Waals surface area contributed by atoms with E-state index in [4.69, 9.17) is 27.6 Å². The average Bonchev–Trinajstić information content (AvgIpc) is 2.83. The molecule has 2 aromatic rings. The number of sulfonamides is 1. The van der Waals surface area contributed by atoms with Crippen LogP contribution in [0.3, 0.4) is 0 Å². The van der Waals surface area contributed by atoms with Crippen molar-refractivity contribution in [3.63, 3.8) is 0 Å². The maximum Gasteiger partial charge on any atom is 0.242 e. The Labute approximate surface area is 115 Å². The zero-order valence-corrected chi connectivity index (χ0v) is 11.4. The molecular formula is C11H9Cl2NO3S. The van der Waals surface area contributed by atoms with Gasteiger partial charge in [0.2, 0.25) is 10.0 Å². The van der Waals surface area contributed by atoms with Crippen LogP contribution in [0.5, 0.6) is 0 Å². The predicted molar refractivity (Wildman–Crippen MR) is 69.2 cm³/mol. The zero-order chi connectivity index (χ0) is 13.2. The summed E-state index contributed by atoms with van der Waals surface area (Å²) in [4.78, 5) is -0.0526. The molecule has 0 amide bonds. The lowest BCUT2D eigenvalue weighted by atomic mass is 10.4. The van der Waals surface area contributed by atoms with Gasteiger partial charge < -0.3 is 4.42 Å². The van der Waals surface area contributed by atoms with Crippen molar-refractivity contribution in [2.75, 3.05) is 0 Å². The highest BCUT2D eigenvalue weighted by atomic mass is 35.5. The normalized spacial score (nSPS) is 11.7. The third kappa shape index (κ3) is 3.05. The lowest BCUT2D eigenvalue weighted by Gasteiger charge is -2.07. The molecule has 1 aromatic heterocycles. The van der Waals surface area contributed by atoms with E-state index >= 15 is 0 Å². The summed E-state index contributed by atoms with van der Waals surface area (Å²) in [7, 11) is -3.72. The summed E-state index contributed by atoms with van der Waals surface area (Å²) < 4.78 is 31.4. The van der Waals surface area contributed by atoms with Crippen molar-refractivity contribution in [1.29, 1.82) is 0 Å². The first kappa shape index (κ1) is 13.4. The van der Waals surface area contributed by atoms with E-state index in [0.29, 0.717) is 10.8 Å². The van der Waals surface area contributed by atoms with E-state index in [1.807, 2.05) is 0 Å². The molecule has 0 spiro atoms. The minimum absolute atomic E-state index is 0.0526. The number of halogens is 2. The fourth-order valence-electron chi connectivity index (χ4n) is 1.34. The Hall–Kier alpha value is -1.01. The third-order valence-electron chi connectivity index (χ3n) is 2.20. The molecule has 96 valence electrons. The number of rotatable bonds is 4. The van der Waals surface area contributed by atoms with E-state index in [1.165, 1.54) is 24.5 Å². The Morgan fingerprint density at radius 1 is 1.22 bits per heavy atom. The summed E-state index contributed by atoms with van der Waals surface area (Å²) in [6.45, 7) is 0.0537. The van der Waals surface area contributed by atoms with Gasteiger partial charge in [0, 0.05) is 5.02 Å². The molecule has 0 radical (unpaired) electrons. The molecule has 0 atom stereocenters. The molecule has 0 saturated carbocycles. The van der Waals surface area contributed by atoms with Gasteiger partial charge in [-0.2, -0.15) is 0 Å². The van der Waals surface area contributed by atoms with Crippen LogP contribution in [0.25, 0.3) is 0 Å². The highest BCUT2D eigenvalue weighted by Gasteiger charge is 2.18. The van der Waals surface area contributed by atoms with Crippen LogP contribution in [-0.4, -0.2) is 8.42 Å². The van der Waals surface area contributed by atoms with Gasteiger partial charge in [-0.3, -0.25) is 0 Å². The van der Waals surface area contributed by atoms with Crippen LogP contribution >= 0.6 is 23.2 Å². The van der Waals surface area contributed by atoms with E-state index < -0.39 is 10.0 Å². The van der Waals surface area contributed by atoms with Gasteiger partial charge in [0.15, 0.2) is 0 Å². The van der Waals surface area contributed by atoms with Gasteiger partial charge in [-0.05, 0) is 30.3 Å². The van der Waals surface area contributed by atoms with Crippen LogP contribution in [0.15, 0.2) is 45.9 Å². The van der Waals surface area contributed by atoms with Gasteiger partial charge in [-0.25, -0.2) is 13.1 Å². The molecule has 1 aromatic carbocycles. The number of hydrogen-bond donors (Lipinski definition) is 1. The van der Waals surface area contributed by atoms with Gasteiger partial charge in [0.1, 0.15) is 10.7 Å². The van der Waals surface area contributed by atoms with E-state index in [2.05, 4.69) is 4.72 Å². The Bertz CT molecular complexity index is 638. The first-order valence-electron chi connectivity index (χ1n) is 4.96. The summed E-state index contributed by atoms with van der Waals surface area (Å²) in [6, 6.07) is 7.60. The van der Waals surface area contributed by atoms with E-state index in [-0.39, 0.29) is 16.5 Å². The Morgan fingerprint density at radius 2 is 2.00 bits per heavy atom. The molecule has 18 heavy (non-hydrogen) atoms. The highest BCUT2D eigenvalue weighted by molar-refractivity contribution is 7.89. The minimum atomic E-state index is -3.72. The Morgan fingerprint density at radius 3 is 2.67 bits per heavy atom. The smallest absolute Gasteiger partial charge is 0.242 e. The Kier molecular flexibility index (Phi) is 3.97. The molecular weight excluding hydrogens is 297 g/mol. The van der Waals surface area contributed by atoms with E-state index in [1.54, 1.807) is 12.1 Å². The summed E-state index contributed by atoms with van der Waals surface area (Å²) >= 11 is 11.6. The second-order valence-electron chi connectivity index (χ2n) is 3.48. The lowest BCUT2D eigenvalue weighted by molar-refractivity contribution is 0.498. The average molecular weight is 306 g/mol. The molecule has 4 nitrogen and oxygen atoms in total. The van der Waals surface area contributed by atoms with Gasteiger partial charge in [0.05, 0.1) is 17.8 Å². The van der Waals surface area contributed by atoms with Crippen molar-refractivity contribution in [2.24, 2.45) is 0 Å². The van der Waals surface area contributed by atoms with Crippen LogP contribution < -0.4 is 4.72 Å². The van der Waals surface area contributed by atoms with Crippen LogP contribution in [-0.2, 0) is 16.6 Å². The fourth-order valence-corrected chi connectivity index (χ4v) is 3.09. The molecule has 1 N–H and O–H groups in total. The highest BCUT2D eigenvalue weighted by Crippen LogP contribution is 2.24. The zero-order valence-electron chi connectivity index (χ0n) is 9.06. The number of benzene rings is 1. The van der Waals surface area contributed by atoms with E-state index in [9.17, 15) is 8.42 Å². The largest absolute Gasteiger partial charge is 0.468 e. The minimum Gasteiger partial charge on any atom is -0.468 e. The van der Waals surface area contributed by atoms with Crippen molar-refractivity contribution >= 4 is 33.2 Å². The van der Waals surface area contributed by atoms with Crippen LogP contribution in [0.1, 0.15) is 5.76 Å². The molecule has 0 bridgehead atoms. The lowest BCUT2D eigenvalue weighted by Crippen LogP contribution is -2.23. The summed E-state index contributed by atoms with van der Waals surface area (Å²) in [6.07, 6.45) is 1.47. The third-order valence-corrected chi connectivity index (χ3v) is 4.32. The number of hydrogen-bond acceptors (Lipinski definition) is 3. The summed E-state index contributed by atoms with van der Waals surface area (Å²) in [5.74, 6) is 0.511. The van der Waals surface area contributed by atoms with Crippen LogP contribution in [0.2, 0.25) is 10.0 Å². The fraction of sp³-hybridized carbons (Fsp3) is 0.0909.